The van der Waals surface area contributed by atoms with Crippen LogP contribution in [0.2, 0.25) is 0 Å². The van der Waals surface area contributed by atoms with Gasteiger partial charge in [-0.2, -0.15) is 0 Å². The summed E-state index contributed by atoms with van der Waals surface area (Å²) in [5.41, 5.74) is 0.00921. The largest absolute Gasteiger partial charge is 0.386 e. The predicted molar refractivity (Wildman–Crippen MR) is 63.6 cm³/mol. The summed E-state index contributed by atoms with van der Waals surface area (Å²) in [6.45, 7) is 6.84. The van der Waals surface area contributed by atoms with Gasteiger partial charge >= 0.3 is 0 Å². The van der Waals surface area contributed by atoms with Crippen molar-refractivity contribution in [3.8, 4) is 0 Å². The van der Waals surface area contributed by atoms with Crippen molar-refractivity contribution in [3.05, 3.63) is 12.2 Å². The van der Waals surface area contributed by atoms with Gasteiger partial charge in [0.05, 0.1) is 5.60 Å². The molecule has 15 heavy (non-hydrogen) atoms. The third-order valence-corrected chi connectivity index (χ3v) is 4.47. The molecule has 0 bridgehead atoms. The fourth-order valence-electron chi connectivity index (χ4n) is 2.79. The highest BCUT2D eigenvalue weighted by molar-refractivity contribution is 5.11. The first-order chi connectivity index (χ1) is 6.95. The van der Waals surface area contributed by atoms with Crippen molar-refractivity contribution in [1.82, 2.24) is 0 Å². The molecule has 0 aromatic carbocycles. The molecule has 2 aliphatic rings. The summed E-state index contributed by atoms with van der Waals surface area (Å²) in [7, 11) is 0. The van der Waals surface area contributed by atoms with Crippen LogP contribution in [0.1, 0.15) is 52.9 Å². The number of rotatable bonds is 3. The van der Waals surface area contributed by atoms with Gasteiger partial charge in [-0.15, -0.1) is 0 Å². The lowest BCUT2D eigenvalue weighted by Crippen LogP contribution is -2.30. The van der Waals surface area contributed by atoms with E-state index in [0.717, 1.165) is 25.2 Å². The van der Waals surface area contributed by atoms with Crippen LogP contribution in [0.4, 0.5) is 0 Å². The Morgan fingerprint density at radius 2 is 2.07 bits per heavy atom. The first-order valence-corrected chi connectivity index (χ1v) is 6.37. The minimum Gasteiger partial charge on any atom is -0.386 e. The Morgan fingerprint density at radius 1 is 1.40 bits per heavy atom. The highest BCUT2D eigenvalue weighted by Crippen LogP contribution is 2.56. The van der Waals surface area contributed by atoms with Gasteiger partial charge in [0.25, 0.3) is 0 Å². The van der Waals surface area contributed by atoms with Crippen LogP contribution in [-0.4, -0.2) is 10.7 Å². The molecule has 0 radical (unpaired) electrons. The zero-order chi connectivity index (χ0) is 11.1. The van der Waals surface area contributed by atoms with Crippen LogP contribution in [-0.2, 0) is 0 Å². The summed E-state index contributed by atoms with van der Waals surface area (Å²) < 4.78 is 0. The Kier molecular flexibility index (Phi) is 2.70. The van der Waals surface area contributed by atoms with Crippen molar-refractivity contribution in [3.63, 3.8) is 0 Å². The SMILES string of the molecule is CCC1C=CC(O)(CC2CC2(C)C)CC1. The maximum Gasteiger partial charge on any atom is 0.0830 e. The summed E-state index contributed by atoms with van der Waals surface area (Å²) >= 11 is 0. The van der Waals surface area contributed by atoms with E-state index >= 15 is 0 Å². The van der Waals surface area contributed by atoms with Gasteiger partial charge in [0.15, 0.2) is 0 Å². The van der Waals surface area contributed by atoms with E-state index in [1.807, 2.05) is 0 Å². The van der Waals surface area contributed by atoms with E-state index in [1.54, 1.807) is 0 Å². The monoisotopic (exact) mass is 208 g/mol. The molecule has 1 N–H and O–H groups in total. The second-order valence-corrected chi connectivity index (χ2v) is 6.26. The standard InChI is InChI=1S/C14H24O/c1-4-11-5-7-14(15,8-6-11)10-12-9-13(12,2)3/h5,7,11-12,15H,4,6,8-10H2,1-3H3. The van der Waals surface area contributed by atoms with E-state index < -0.39 is 5.60 Å². The molecule has 0 heterocycles. The molecule has 1 nitrogen and oxygen atoms in total. The van der Waals surface area contributed by atoms with Gasteiger partial charge in [0.2, 0.25) is 0 Å². The van der Waals surface area contributed by atoms with Gasteiger partial charge in [0.1, 0.15) is 0 Å². The molecule has 0 aliphatic heterocycles. The first-order valence-electron chi connectivity index (χ1n) is 6.37. The average Bonchev–Trinajstić information content (AvgIpc) is 2.74. The van der Waals surface area contributed by atoms with Gasteiger partial charge < -0.3 is 5.11 Å². The Balaban J connectivity index is 1.92. The molecule has 1 heteroatoms. The molecule has 86 valence electrons. The van der Waals surface area contributed by atoms with Gasteiger partial charge in [-0.25, -0.2) is 0 Å². The molecule has 2 rings (SSSR count). The lowest BCUT2D eigenvalue weighted by molar-refractivity contribution is 0.0506. The number of hydrogen-bond acceptors (Lipinski definition) is 1. The predicted octanol–water partition coefficient (Wildman–Crippen LogP) is 3.53. The van der Waals surface area contributed by atoms with E-state index in [0.29, 0.717) is 11.3 Å². The molecule has 1 fully saturated rings. The van der Waals surface area contributed by atoms with Crippen molar-refractivity contribution in [1.29, 1.82) is 0 Å². The second kappa shape index (κ2) is 3.62. The molecular formula is C14H24O. The molecule has 0 saturated heterocycles. The molecule has 0 spiro atoms. The fourth-order valence-corrected chi connectivity index (χ4v) is 2.79. The number of hydrogen-bond donors (Lipinski definition) is 1. The van der Waals surface area contributed by atoms with Crippen LogP contribution in [0.25, 0.3) is 0 Å². The smallest absolute Gasteiger partial charge is 0.0830 e. The highest BCUT2D eigenvalue weighted by atomic mass is 16.3. The Labute approximate surface area is 93.6 Å². The summed E-state index contributed by atoms with van der Waals surface area (Å²) in [6.07, 6.45) is 9.93. The van der Waals surface area contributed by atoms with E-state index in [1.165, 1.54) is 12.8 Å². The van der Waals surface area contributed by atoms with Crippen molar-refractivity contribution in [2.45, 2.75) is 58.5 Å². The van der Waals surface area contributed by atoms with Crippen LogP contribution in [0, 0.1) is 17.3 Å². The van der Waals surface area contributed by atoms with Gasteiger partial charge in [-0.1, -0.05) is 32.9 Å². The molecule has 0 aromatic rings. The summed E-state index contributed by atoms with van der Waals surface area (Å²) in [5.74, 6) is 1.45. The lowest BCUT2D eigenvalue weighted by Gasteiger charge is -2.31. The quantitative estimate of drug-likeness (QED) is 0.703. The number of allylic oxidation sites excluding steroid dienone is 1. The highest BCUT2D eigenvalue weighted by Gasteiger charge is 2.48. The molecule has 0 amide bonds. The molecule has 0 aromatic heterocycles. The Hall–Kier alpha value is -0.300. The first kappa shape index (κ1) is 11.2. The third-order valence-electron chi connectivity index (χ3n) is 4.47. The second-order valence-electron chi connectivity index (χ2n) is 6.26. The van der Waals surface area contributed by atoms with E-state index in [2.05, 4.69) is 32.9 Å². The van der Waals surface area contributed by atoms with Crippen molar-refractivity contribution in [2.75, 3.05) is 0 Å². The lowest BCUT2D eigenvalue weighted by atomic mass is 9.80. The third kappa shape index (κ3) is 2.44. The van der Waals surface area contributed by atoms with Crippen molar-refractivity contribution < 1.29 is 5.11 Å². The summed E-state index contributed by atoms with van der Waals surface area (Å²) in [5, 5.41) is 10.4. The average molecular weight is 208 g/mol. The van der Waals surface area contributed by atoms with Crippen molar-refractivity contribution >= 4 is 0 Å². The Bertz CT molecular complexity index is 267. The topological polar surface area (TPSA) is 20.2 Å². The fraction of sp³-hybridized carbons (Fsp3) is 0.857. The molecule has 3 unspecified atom stereocenters. The van der Waals surface area contributed by atoms with Crippen LogP contribution in [0.15, 0.2) is 12.2 Å². The van der Waals surface area contributed by atoms with Crippen LogP contribution >= 0.6 is 0 Å². The van der Waals surface area contributed by atoms with Gasteiger partial charge in [-0.05, 0) is 49.4 Å². The maximum atomic E-state index is 10.4. The van der Waals surface area contributed by atoms with Crippen LogP contribution in [0.5, 0.6) is 0 Å². The van der Waals surface area contributed by atoms with E-state index in [-0.39, 0.29) is 0 Å². The maximum absolute atomic E-state index is 10.4. The van der Waals surface area contributed by atoms with E-state index in [4.69, 9.17) is 0 Å². The minimum absolute atomic E-state index is 0.482. The van der Waals surface area contributed by atoms with Gasteiger partial charge in [0, 0.05) is 0 Å². The zero-order valence-electron chi connectivity index (χ0n) is 10.3. The molecule has 1 saturated carbocycles. The summed E-state index contributed by atoms with van der Waals surface area (Å²) in [4.78, 5) is 0. The summed E-state index contributed by atoms with van der Waals surface area (Å²) in [6, 6.07) is 0. The number of aliphatic hydroxyl groups is 1. The normalized spacial score (nSPS) is 42.9. The van der Waals surface area contributed by atoms with E-state index in [9.17, 15) is 5.11 Å². The van der Waals surface area contributed by atoms with Crippen molar-refractivity contribution in [2.24, 2.45) is 17.3 Å². The molecule has 2 aliphatic carbocycles. The van der Waals surface area contributed by atoms with Gasteiger partial charge in [-0.3, -0.25) is 0 Å². The Morgan fingerprint density at radius 3 is 2.47 bits per heavy atom. The molecular weight excluding hydrogens is 184 g/mol. The molecule has 3 atom stereocenters. The zero-order valence-corrected chi connectivity index (χ0v) is 10.3. The van der Waals surface area contributed by atoms with Crippen LogP contribution < -0.4 is 0 Å². The minimum atomic E-state index is -0.482. The van der Waals surface area contributed by atoms with Crippen LogP contribution in [0.3, 0.4) is 0 Å².